The van der Waals surface area contributed by atoms with Crippen LogP contribution in [0.3, 0.4) is 0 Å². The van der Waals surface area contributed by atoms with Crippen LogP contribution in [0.1, 0.15) is 28.4 Å². The zero-order valence-corrected chi connectivity index (χ0v) is 12.6. The molecule has 1 amide bonds. The number of para-hydroxylation sites is 1. The third-order valence-electron chi connectivity index (χ3n) is 3.33. The van der Waals surface area contributed by atoms with Crippen LogP contribution in [0.2, 0.25) is 0 Å². The van der Waals surface area contributed by atoms with Crippen LogP contribution >= 0.6 is 0 Å². The molecule has 0 atom stereocenters. The zero-order chi connectivity index (χ0) is 15.4. The number of ether oxygens (including phenoxy) is 1. The Labute approximate surface area is 124 Å². The Morgan fingerprint density at radius 3 is 2.62 bits per heavy atom. The third kappa shape index (κ3) is 3.34. The Morgan fingerprint density at radius 2 is 1.95 bits per heavy atom. The second kappa shape index (κ2) is 6.31. The summed E-state index contributed by atoms with van der Waals surface area (Å²) >= 11 is 0. The van der Waals surface area contributed by atoms with Crippen LogP contribution in [0.5, 0.6) is 5.75 Å². The van der Waals surface area contributed by atoms with Crippen molar-refractivity contribution < 1.29 is 9.53 Å². The van der Waals surface area contributed by atoms with Gasteiger partial charge in [-0.3, -0.25) is 4.79 Å². The van der Waals surface area contributed by atoms with Crippen molar-refractivity contribution >= 4 is 17.3 Å². The predicted octanol–water partition coefficient (Wildman–Crippen LogP) is 3.54. The molecule has 0 heterocycles. The topological polar surface area (TPSA) is 64.3 Å². The van der Waals surface area contributed by atoms with E-state index >= 15 is 0 Å². The lowest BCUT2D eigenvalue weighted by Gasteiger charge is -2.12. The lowest BCUT2D eigenvalue weighted by atomic mass is 10.1. The molecule has 0 aliphatic rings. The number of aryl methyl sites for hydroxylation is 2. The summed E-state index contributed by atoms with van der Waals surface area (Å²) in [5.74, 6) is 0.589. The van der Waals surface area contributed by atoms with Crippen LogP contribution in [0.15, 0.2) is 36.4 Å². The number of hydrogen-bond donors (Lipinski definition) is 2. The maximum absolute atomic E-state index is 12.3. The maximum Gasteiger partial charge on any atom is 0.257 e. The van der Waals surface area contributed by atoms with Gasteiger partial charge in [-0.2, -0.15) is 0 Å². The molecule has 110 valence electrons. The fourth-order valence-corrected chi connectivity index (χ4v) is 2.10. The number of amides is 1. The van der Waals surface area contributed by atoms with E-state index in [9.17, 15) is 4.79 Å². The monoisotopic (exact) mass is 284 g/mol. The Morgan fingerprint density at radius 1 is 1.19 bits per heavy atom. The SMILES string of the molecule is CCOc1ccc(NC(=O)c2cccc(C)c2N)c(C)c1. The van der Waals surface area contributed by atoms with Gasteiger partial charge in [0.05, 0.1) is 12.2 Å². The van der Waals surface area contributed by atoms with E-state index in [2.05, 4.69) is 5.32 Å². The van der Waals surface area contributed by atoms with Crippen molar-refractivity contribution in [3.63, 3.8) is 0 Å². The van der Waals surface area contributed by atoms with Gasteiger partial charge in [0.1, 0.15) is 5.75 Å². The highest BCUT2D eigenvalue weighted by Crippen LogP contribution is 2.23. The fourth-order valence-electron chi connectivity index (χ4n) is 2.10. The summed E-state index contributed by atoms with van der Waals surface area (Å²) < 4.78 is 5.43. The van der Waals surface area contributed by atoms with Gasteiger partial charge in [0.15, 0.2) is 0 Å². The van der Waals surface area contributed by atoms with Gasteiger partial charge >= 0.3 is 0 Å². The normalized spacial score (nSPS) is 10.2. The van der Waals surface area contributed by atoms with Crippen molar-refractivity contribution in [2.75, 3.05) is 17.7 Å². The van der Waals surface area contributed by atoms with Crippen molar-refractivity contribution in [3.05, 3.63) is 53.1 Å². The Kier molecular flexibility index (Phi) is 4.48. The third-order valence-corrected chi connectivity index (χ3v) is 3.33. The highest BCUT2D eigenvalue weighted by molar-refractivity contribution is 6.08. The molecule has 4 nitrogen and oxygen atoms in total. The molecule has 0 aromatic heterocycles. The number of anilines is 2. The molecule has 21 heavy (non-hydrogen) atoms. The number of nitrogens with two attached hydrogens (primary N) is 1. The summed E-state index contributed by atoms with van der Waals surface area (Å²) in [6.07, 6.45) is 0. The summed E-state index contributed by atoms with van der Waals surface area (Å²) in [4.78, 5) is 12.3. The van der Waals surface area contributed by atoms with E-state index in [1.165, 1.54) is 0 Å². The first-order valence-corrected chi connectivity index (χ1v) is 6.92. The fraction of sp³-hybridized carbons (Fsp3) is 0.235. The number of benzene rings is 2. The first kappa shape index (κ1) is 14.9. The minimum atomic E-state index is -0.205. The molecule has 2 aromatic rings. The molecule has 0 bridgehead atoms. The van der Waals surface area contributed by atoms with E-state index in [0.29, 0.717) is 17.9 Å². The molecule has 2 aromatic carbocycles. The molecule has 4 heteroatoms. The first-order valence-electron chi connectivity index (χ1n) is 6.92. The molecular formula is C17H20N2O2. The molecule has 2 rings (SSSR count). The first-order chi connectivity index (χ1) is 10.0. The van der Waals surface area contributed by atoms with E-state index in [0.717, 1.165) is 22.6 Å². The van der Waals surface area contributed by atoms with Crippen LogP contribution in [0, 0.1) is 13.8 Å². The van der Waals surface area contributed by atoms with Gasteiger partial charge in [-0.25, -0.2) is 0 Å². The second-order valence-corrected chi connectivity index (χ2v) is 4.90. The van der Waals surface area contributed by atoms with Crippen molar-refractivity contribution in [2.24, 2.45) is 0 Å². The Balaban J connectivity index is 2.22. The molecule has 3 N–H and O–H groups in total. The van der Waals surface area contributed by atoms with Gasteiger partial charge in [0.25, 0.3) is 5.91 Å². The van der Waals surface area contributed by atoms with Crippen molar-refractivity contribution in [2.45, 2.75) is 20.8 Å². The van der Waals surface area contributed by atoms with Gasteiger partial charge in [0, 0.05) is 11.4 Å². The number of hydrogen-bond acceptors (Lipinski definition) is 3. The lowest BCUT2D eigenvalue weighted by Crippen LogP contribution is -2.15. The minimum Gasteiger partial charge on any atom is -0.494 e. The highest BCUT2D eigenvalue weighted by atomic mass is 16.5. The van der Waals surface area contributed by atoms with E-state index in [1.54, 1.807) is 6.07 Å². The molecule has 0 fully saturated rings. The van der Waals surface area contributed by atoms with Gasteiger partial charge < -0.3 is 15.8 Å². The largest absolute Gasteiger partial charge is 0.494 e. The lowest BCUT2D eigenvalue weighted by molar-refractivity contribution is 0.102. The van der Waals surface area contributed by atoms with E-state index in [1.807, 2.05) is 51.1 Å². The van der Waals surface area contributed by atoms with E-state index in [-0.39, 0.29) is 5.91 Å². The van der Waals surface area contributed by atoms with Crippen LogP contribution in [0.4, 0.5) is 11.4 Å². The number of carbonyl (C=O) groups excluding carboxylic acids is 1. The van der Waals surface area contributed by atoms with E-state index < -0.39 is 0 Å². The molecule has 0 aliphatic heterocycles. The summed E-state index contributed by atoms with van der Waals surface area (Å²) in [5.41, 5.74) is 9.55. The summed E-state index contributed by atoms with van der Waals surface area (Å²) in [6.45, 7) is 6.36. The van der Waals surface area contributed by atoms with Crippen molar-refractivity contribution in [3.8, 4) is 5.75 Å². The zero-order valence-electron chi connectivity index (χ0n) is 12.6. The van der Waals surface area contributed by atoms with E-state index in [4.69, 9.17) is 10.5 Å². The standard InChI is InChI=1S/C17H20N2O2/c1-4-21-13-8-9-15(12(3)10-13)19-17(20)14-7-5-6-11(2)16(14)18/h5-10H,4,18H2,1-3H3,(H,19,20). The summed E-state index contributed by atoms with van der Waals surface area (Å²) in [5, 5.41) is 2.89. The average Bonchev–Trinajstić information content (AvgIpc) is 2.45. The molecule has 0 aliphatic carbocycles. The second-order valence-electron chi connectivity index (χ2n) is 4.90. The average molecular weight is 284 g/mol. The van der Waals surface area contributed by atoms with Crippen LogP contribution < -0.4 is 15.8 Å². The number of nitrogens with one attached hydrogen (secondary N) is 1. The highest BCUT2D eigenvalue weighted by Gasteiger charge is 2.12. The van der Waals surface area contributed by atoms with Gasteiger partial charge in [-0.1, -0.05) is 12.1 Å². The molecule has 0 spiro atoms. The quantitative estimate of drug-likeness (QED) is 0.844. The Hall–Kier alpha value is -2.49. The molecule has 0 unspecified atom stereocenters. The minimum absolute atomic E-state index is 0.205. The number of carbonyl (C=O) groups is 1. The van der Waals surface area contributed by atoms with Crippen molar-refractivity contribution in [1.29, 1.82) is 0 Å². The smallest absolute Gasteiger partial charge is 0.257 e. The molecular weight excluding hydrogens is 264 g/mol. The Bertz CT molecular complexity index is 666. The summed E-state index contributed by atoms with van der Waals surface area (Å²) in [7, 11) is 0. The van der Waals surface area contributed by atoms with Crippen LogP contribution in [-0.4, -0.2) is 12.5 Å². The number of rotatable bonds is 4. The molecule has 0 radical (unpaired) electrons. The van der Waals surface area contributed by atoms with Crippen molar-refractivity contribution in [1.82, 2.24) is 0 Å². The van der Waals surface area contributed by atoms with Crippen LogP contribution in [0.25, 0.3) is 0 Å². The maximum atomic E-state index is 12.3. The van der Waals surface area contributed by atoms with Crippen LogP contribution in [-0.2, 0) is 0 Å². The van der Waals surface area contributed by atoms with Gasteiger partial charge in [-0.15, -0.1) is 0 Å². The van der Waals surface area contributed by atoms with Gasteiger partial charge in [-0.05, 0) is 56.2 Å². The van der Waals surface area contributed by atoms with Gasteiger partial charge in [0.2, 0.25) is 0 Å². The number of nitrogen functional groups attached to an aromatic ring is 1. The molecule has 0 saturated carbocycles. The molecule has 0 saturated heterocycles. The predicted molar refractivity (Wildman–Crippen MR) is 85.9 cm³/mol. The summed E-state index contributed by atoms with van der Waals surface area (Å²) in [6, 6.07) is 11.0.